The quantitative estimate of drug-likeness (QED) is 0.596. The number of rotatable bonds is 8. The van der Waals surface area contributed by atoms with Crippen LogP contribution in [-0.2, 0) is 0 Å². The van der Waals surface area contributed by atoms with Gasteiger partial charge in [-0.25, -0.2) is 0 Å². The van der Waals surface area contributed by atoms with Gasteiger partial charge in [0.25, 0.3) is 0 Å². The summed E-state index contributed by atoms with van der Waals surface area (Å²) < 4.78 is 1.20. The van der Waals surface area contributed by atoms with E-state index in [1.54, 1.807) is 0 Å². The lowest BCUT2D eigenvalue weighted by atomic mass is 9.87. The second-order valence-corrected chi connectivity index (χ2v) is 6.50. The van der Waals surface area contributed by atoms with E-state index in [9.17, 15) is 0 Å². The van der Waals surface area contributed by atoms with Crippen LogP contribution in [0.1, 0.15) is 52.0 Å². The van der Waals surface area contributed by atoms with Crippen LogP contribution in [0.15, 0.2) is 30.3 Å². The third kappa shape index (κ3) is 5.36. The lowest BCUT2D eigenvalue weighted by molar-refractivity contribution is -0.906. The summed E-state index contributed by atoms with van der Waals surface area (Å²) in [6.45, 7) is 13.1. The summed E-state index contributed by atoms with van der Waals surface area (Å²) in [6, 6.07) is 11.1. The summed E-state index contributed by atoms with van der Waals surface area (Å²) in [4.78, 5) is 0. The molecule has 1 aromatic carbocycles. The predicted octanol–water partition coefficient (Wildman–Crippen LogP) is 4.69. The molecule has 108 valence electrons. The lowest BCUT2D eigenvalue weighted by Gasteiger charge is -2.34. The summed E-state index contributed by atoms with van der Waals surface area (Å²) in [5.74, 6) is 1.49. The van der Waals surface area contributed by atoms with Crippen molar-refractivity contribution >= 4 is 0 Å². The molecule has 19 heavy (non-hydrogen) atoms. The van der Waals surface area contributed by atoms with Crippen LogP contribution >= 0.6 is 0 Å². The Balaban J connectivity index is 2.71. The molecule has 0 saturated heterocycles. The van der Waals surface area contributed by atoms with E-state index >= 15 is 0 Å². The van der Waals surface area contributed by atoms with Gasteiger partial charge in [0.2, 0.25) is 0 Å². The second-order valence-electron chi connectivity index (χ2n) is 6.50. The van der Waals surface area contributed by atoms with Crippen LogP contribution in [0.2, 0.25) is 0 Å². The Morgan fingerprint density at radius 1 is 1.00 bits per heavy atom. The minimum atomic E-state index is 0.719. The molecule has 1 rings (SSSR count). The first-order chi connectivity index (χ1) is 9.00. The Bertz CT molecular complexity index is 338. The molecule has 0 spiro atoms. The normalized spacial score (nSPS) is 13.8. The van der Waals surface area contributed by atoms with Crippen molar-refractivity contribution in [2.45, 2.75) is 46.5 Å². The Kier molecular flexibility index (Phi) is 6.57. The highest BCUT2D eigenvalue weighted by atomic mass is 15.3. The fraction of sp³-hybridized carbons (Fsp3) is 0.667. The van der Waals surface area contributed by atoms with Crippen molar-refractivity contribution in [1.29, 1.82) is 0 Å². The summed E-state index contributed by atoms with van der Waals surface area (Å²) in [6.07, 6.45) is 2.61. The van der Waals surface area contributed by atoms with Gasteiger partial charge in [-0.15, -0.1) is 0 Å². The van der Waals surface area contributed by atoms with Gasteiger partial charge in [0.1, 0.15) is 0 Å². The molecule has 0 N–H and O–H groups in total. The van der Waals surface area contributed by atoms with Crippen LogP contribution in [0.3, 0.4) is 0 Å². The first kappa shape index (κ1) is 16.2. The van der Waals surface area contributed by atoms with E-state index in [1.165, 1.54) is 42.5 Å². The first-order valence-electron chi connectivity index (χ1n) is 7.89. The summed E-state index contributed by atoms with van der Waals surface area (Å²) in [5, 5.41) is 0. The lowest BCUT2D eigenvalue weighted by Crippen LogP contribution is -2.44. The molecule has 0 aliphatic rings. The molecule has 1 aromatic rings. The molecule has 0 radical (unpaired) electrons. The minimum Gasteiger partial charge on any atom is -0.326 e. The van der Waals surface area contributed by atoms with Gasteiger partial charge < -0.3 is 4.48 Å². The molecule has 0 fully saturated rings. The van der Waals surface area contributed by atoms with Gasteiger partial charge in [0.05, 0.1) is 26.7 Å². The zero-order valence-electron chi connectivity index (χ0n) is 13.5. The van der Waals surface area contributed by atoms with Crippen LogP contribution in [-0.4, -0.2) is 31.2 Å². The van der Waals surface area contributed by atoms with Crippen molar-refractivity contribution in [3.05, 3.63) is 35.9 Å². The van der Waals surface area contributed by atoms with Crippen LogP contribution in [0.25, 0.3) is 0 Å². The largest absolute Gasteiger partial charge is 0.326 e. The van der Waals surface area contributed by atoms with Crippen molar-refractivity contribution in [2.24, 2.45) is 5.92 Å². The average Bonchev–Trinajstić information content (AvgIpc) is 2.43. The Labute approximate surface area is 120 Å². The maximum Gasteiger partial charge on any atom is 0.0790 e. The highest BCUT2D eigenvalue weighted by Gasteiger charge is 2.21. The average molecular weight is 262 g/mol. The highest BCUT2D eigenvalue weighted by molar-refractivity contribution is 5.19. The van der Waals surface area contributed by atoms with E-state index in [1.807, 2.05) is 0 Å². The molecule has 0 aliphatic heterocycles. The molecule has 1 nitrogen and oxygen atoms in total. The Morgan fingerprint density at radius 2 is 1.58 bits per heavy atom. The standard InChI is InChI=1S/C18H32N/c1-6-19(5,7-2)14-13-18(15-16(3)4)17-11-9-8-10-12-17/h8-12,16,18H,6-7,13-15H2,1-5H3/q+1. The number of hydrogen-bond acceptors (Lipinski definition) is 0. The molecule has 1 heteroatoms. The number of benzene rings is 1. The monoisotopic (exact) mass is 262 g/mol. The van der Waals surface area contributed by atoms with Gasteiger partial charge in [0, 0.05) is 6.42 Å². The fourth-order valence-corrected chi connectivity index (χ4v) is 2.72. The van der Waals surface area contributed by atoms with E-state index in [-0.39, 0.29) is 0 Å². The zero-order valence-corrected chi connectivity index (χ0v) is 13.5. The maximum absolute atomic E-state index is 2.39. The van der Waals surface area contributed by atoms with Crippen molar-refractivity contribution in [2.75, 3.05) is 26.7 Å². The molecule has 0 saturated carbocycles. The third-order valence-electron chi connectivity index (χ3n) is 4.57. The van der Waals surface area contributed by atoms with Crippen molar-refractivity contribution < 1.29 is 4.48 Å². The van der Waals surface area contributed by atoms with Gasteiger partial charge in [-0.3, -0.25) is 0 Å². The SMILES string of the molecule is CC[N+](C)(CC)CCC(CC(C)C)c1ccccc1. The van der Waals surface area contributed by atoms with Crippen LogP contribution in [0.5, 0.6) is 0 Å². The topological polar surface area (TPSA) is 0 Å². The molecular formula is C18H32N+. The van der Waals surface area contributed by atoms with Gasteiger partial charge in [-0.2, -0.15) is 0 Å². The molecule has 0 heterocycles. The maximum atomic E-state index is 2.39. The molecule has 0 bridgehead atoms. The first-order valence-corrected chi connectivity index (χ1v) is 7.89. The molecule has 1 atom stereocenters. The fourth-order valence-electron chi connectivity index (χ4n) is 2.72. The molecule has 0 amide bonds. The van der Waals surface area contributed by atoms with Crippen LogP contribution < -0.4 is 0 Å². The number of nitrogens with zero attached hydrogens (tertiary/aromatic N) is 1. The third-order valence-corrected chi connectivity index (χ3v) is 4.57. The predicted molar refractivity (Wildman–Crippen MR) is 85.4 cm³/mol. The Morgan fingerprint density at radius 3 is 2.05 bits per heavy atom. The highest BCUT2D eigenvalue weighted by Crippen LogP contribution is 2.28. The van der Waals surface area contributed by atoms with Gasteiger partial charge in [-0.05, 0) is 37.7 Å². The van der Waals surface area contributed by atoms with Gasteiger partial charge in [-0.1, -0.05) is 44.2 Å². The van der Waals surface area contributed by atoms with Crippen LogP contribution in [0.4, 0.5) is 0 Å². The summed E-state index contributed by atoms with van der Waals surface area (Å²) in [7, 11) is 2.39. The Hall–Kier alpha value is -0.820. The molecule has 0 aliphatic carbocycles. The summed E-state index contributed by atoms with van der Waals surface area (Å²) >= 11 is 0. The smallest absolute Gasteiger partial charge is 0.0790 e. The zero-order chi connectivity index (χ0) is 14.3. The molecule has 1 unspecified atom stereocenters. The van der Waals surface area contributed by atoms with Crippen LogP contribution in [0, 0.1) is 5.92 Å². The van der Waals surface area contributed by atoms with E-state index in [4.69, 9.17) is 0 Å². The van der Waals surface area contributed by atoms with E-state index in [0.717, 1.165) is 11.8 Å². The van der Waals surface area contributed by atoms with Gasteiger partial charge >= 0.3 is 0 Å². The van der Waals surface area contributed by atoms with Gasteiger partial charge in [0.15, 0.2) is 0 Å². The van der Waals surface area contributed by atoms with E-state index < -0.39 is 0 Å². The molecular weight excluding hydrogens is 230 g/mol. The van der Waals surface area contributed by atoms with E-state index in [0.29, 0.717) is 0 Å². The van der Waals surface area contributed by atoms with Crippen molar-refractivity contribution in [1.82, 2.24) is 0 Å². The number of quaternary nitrogens is 1. The molecule has 0 aromatic heterocycles. The van der Waals surface area contributed by atoms with Crippen molar-refractivity contribution in [3.8, 4) is 0 Å². The number of hydrogen-bond donors (Lipinski definition) is 0. The second kappa shape index (κ2) is 7.69. The summed E-state index contributed by atoms with van der Waals surface area (Å²) in [5.41, 5.74) is 1.52. The minimum absolute atomic E-state index is 0.719. The van der Waals surface area contributed by atoms with Crippen molar-refractivity contribution in [3.63, 3.8) is 0 Å². The van der Waals surface area contributed by atoms with E-state index in [2.05, 4.69) is 65.1 Å².